The van der Waals surface area contributed by atoms with Crippen molar-refractivity contribution in [1.82, 2.24) is 15.5 Å². The fourth-order valence-electron chi connectivity index (χ4n) is 2.70. The average molecular weight is 320 g/mol. The van der Waals surface area contributed by atoms with Crippen LogP contribution in [-0.4, -0.2) is 22.1 Å². The van der Waals surface area contributed by atoms with Gasteiger partial charge in [0.25, 0.3) is 0 Å². The molecule has 0 aliphatic heterocycles. The molecule has 1 aromatic heterocycles. The smallest absolute Gasteiger partial charge is 0.309 e. The van der Waals surface area contributed by atoms with Crippen molar-refractivity contribution in [3.8, 4) is 11.5 Å². The quantitative estimate of drug-likeness (QED) is 0.936. The van der Waals surface area contributed by atoms with Gasteiger partial charge in [0.15, 0.2) is 0 Å². The van der Waals surface area contributed by atoms with Gasteiger partial charge in [-0.15, -0.1) is 10.2 Å². The molecule has 0 unspecified atom stereocenters. The lowest BCUT2D eigenvalue weighted by Crippen LogP contribution is -2.37. The first-order chi connectivity index (χ1) is 10.6. The number of rotatable bonds is 3. The number of carbonyl (C=O) groups is 1. The van der Waals surface area contributed by atoms with E-state index in [9.17, 15) is 4.79 Å². The lowest BCUT2D eigenvalue weighted by molar-refractivity contribution is 0.0888. The Morgan fingerprint density at radius 2 is 2.05 bits per heavy atom. The molecule has 1 aliphatic carbocycles. The summed E-state index contributed by atoms with van der Waals surface area (Å²) in [5.41, 5.74) is 0.700. The molecule has 1 amide bonds. The summed E-state index contributed by atoms with van der Waals surface area (Å²) in [6.07, 6.45) is 4.29. The first-order valence-corrected chi connectivity index (χ1v) is 7.90. The van der Waals surface area contributed by atoms with Crippen molar-refractivity contribution in [3.63, 3.8) is 0 Å². The Balaban J connectivity index is 1.67. The van der Waals surface area contributed by atoms with Crippen molar-refractivity contribution in [1.29, 1.82) is 0 Å². The molecule has 22 heavy (non-hydrogen) atoms. The van der Waals surface area contributed by atoms with E-state index in [2.05, 4.69) is 22.4 Å². The fourth-order valence-corrected chi connectivity index (χ4v) is 2.89. The monoisotopic (exact) mass is 319 g/mol. The van der Waals surface area contributed by atoms with Crippen molar-refractivity contribution >= 4 is 17.5 Å². The summed E-state index contributed by atoms with van der Waals surface area (Å²) >= 11 is 5.94. The second-order valence-electron chi connectivity index (χ2n) is 5.85. The largest absolute Gasteiger partial charge is 0.412 e. The number of hydrogen-bond donors (Lipinski definition) is 1. The highest BCUT2D eigenvalue weighted by Gasteiger charge is 2.23. The van der Waals surface area contributed by atoms with Crippen LogP contribution in [0.5, 0.6) is 0 Å². The van der Waals surface area contributed by atoms with Crippen LogP contribution in [0.2, 0.25) is 5.02 Å². The van der Waals surface area contributed by atoms with Crippen LogP contribution in [0, 0.1) is 5.92 Å². The molecule has 1 N–H and O–H groups in total. The zero-order valence-corrected chi connectivity index (χ0v) is 13.1. The van der Waals surface area contributed by atoms with Gasteiger partial charge in [-0.25, -0.2) is 0 Å². The van der Waals surface area contributed by atoms with E-state index in [1.165, 1.54) is 0 Å². The van der Waals surface area contributed by atoms with Gasteiger partial charge in [-0.3, -0.25) is 4.79 Å². The summed E-state index contributed by atoms with van der Waals surface area (Å²) in [4.78, 5) is 12.2. The van der Waals surface area contributed by atoms with Crippen LogP contribution in [0.4, 0.5) is 0 Å². The summed E-state index contributed by atoms with van der Waals surface area (Å²) in [6, 6.07) is 7.29. The number of nitrogens with zero attached hydrogens (tertiary/aromatic N) is 2. The zero-order valence-electron chi connectivity index (χ0n) is 12.4. The summed E-state index contributed by atoms with van der Waals surface area (Å²) < 4.78 is 5.46. The van der Waals surface area contributed by atoms with Crippen molar-refractivity contribution in [2.24, 2.45) is 5.92 Å². The SMILES string of the molecule is CC1CCC(NC(=O)c2nnc(-c3cccc(Cl)c3)o2)CC1. The summed E-state index contributed by atoms with van der Waals surface area (Å²) in [5, 5.41) is 11.3. The Hall–Kier alpha value is -1.88. The van der Waals surface area contributed by atoms with Crippen molar-refractivity contribution in [2.75, 3.05) is 0 Å². The molecule has 1 saturated carbocycles. The van der Waals surface area contributed by atoms with Gasteiger partial charge in [-0.2, -0.15) is 0 Å². The molecule has 1 aliphatic rings. The lowest BCUT2D eigenvalue weighted by Gasteiger charge is -2.26. The number of amides is 1. The molecule has 2 aromatic rings. The highest BCUT2D eigenvalue weighted by Crippen LogP contribution is 2.24. The van der Waals surface area contributed by atoms with E-state index in [1.807, 2.05) is 6.07 Å². The minimum absolute atomic E-state index is 0.00593. The summed E-state index contributed by atoms with van der Waals surface area (Å²) in [7, 11) is 0. The maximum atomic E-state index is 12.2. The number of benzene rings is 1. The third-order valence-electron chi connectivity index (χ3n) is 4.04. The summed E-state index contributed by atoms with van der Waals surface area (Å²) in [5.74, 6) is 0.727. The average Bonchev–Trinajstić information content (AvgIpc) is 3.00. The van der Waals surface area contributed by atoms with E-state index in [0.29, 0.717) is 16.5 Å². The molecule has 0 radical (unpaired) electrons. The Bertz CT molecular complexity index is 663. The highest BCUT2D eigenvalue weighted by atomic mass is 35.5. The van der Waals surface area contributed by atoms with Gasteiger partial charge in [0.1, 0.15) is 0 Å². The zero-order chi connectivity index (χ0) is 15.5. The molecular formula is C16H18ClN3O2. The predicted molar refractivity (Wildman–Crippen MR) is 83.6 cm³/mol. The van der Waals surface area contributed by atoms with Gasteiger partial charge >= 0.3 is 11.8 Å². The van der Waals surface area contributed by atoms with Crippen LogP contribution in [0.15, 0.2) is 28.7 Å². The van der Waals surface area contributed by atoms with E-state index in [-0.39, 0.29) is 17.8 Å². The molecule has 6 heteroatoms. The van der Waals surface area contributed by atoms with E-state index >= 15 is 0 Å². The van der Waals surface area contributed by atoms with Crippen LogP contribution in [0.1, 0.15) is 43.3 Å². The number of aromatic nitrogens is 2. The highest BCUT2D eigenvalue weighted by molar-refractivity contribution is 6.30. The molecular weight excluding hydrogens is 302 g/mol. The molecule has 1 heterocycles. The van der Waals surface area contributed by atoms with E-state index in [1.54, 1.807) is 18.2 Å². The number of carbonyl (C=O) groups excluding carboxylic acids is 1. The standard InChI is InChI=1S/C16H18ClN3O2/c1-10-5-7-13(8-6-10)18-14(21)16-20-19-15(22-16)11-3-2-4-12(17)9-11/h2-4,9-10,13H,5-8H2,1H3,(H,18,21). The minimum Gasteiger partial charge on any atom is -0.412 e. The van der Waals surface area contributed by atoms with Crippen molar-refractivity contribution in [2.45, 2.75) is 38.6 Å². The maximum Gasteiger partial charge on any atom is 0.309 e. The molecule has 0 saturated heterocycles. The molecule has 116 valence electrons. The molecule has 0 bridgehead atoms. The Kier molecular flexibility index (Phi) is 4.43. The molecule has 5 nitrogen and oxygen atoms in total. The molecule has 1 fully saturated rings. The molecule has 0 atom stereocenters. The van der Waals surface area contributed by atoms with Gasteiger partial charge in [0.05, 0.1) is 0 Å². The van der Waals surface area contributed by atoms with Gasteiger partial charge in [-0.1, -0.05) is 24.6 Å². The fraction of sp³-hybridized carbons (Fsp3) is 0.438. The van der Waals surface area contributed by atoms with E-state index in [4.69, 9.17) is 16.0 Å². The van der Waals surface area contributed by atoms with Gasteiger partial charge in [0, 0.05) is 16.6 Å². The Morgan fingerprint density at radius 1 is 1.27 bits per heavy atom. The minimum atomic E-state index is -0.305. The third-order valence-corrected chi connectivity index (χ3v) is 4.28. The third kappa shape index (κ3) is 3.47. The number of nitrogens with one attached hydrogen (secondary N) is 1. The summed E-state index contributed by atoms with van der Waals surface area (Å²) in [6.45, 7) is 2.24. The predicted octanol–water partition coefficient (Wildman–Crippen LogP) is 3.70. The maximum absolute atomic E-state index is 12.2. The van der Waals surface area contributed by atoms with Crippen molar-refractivity contribution < 1.29 is 9.21 Å². The van der Waals surface area contributed by atoms with Gasteiger partial charge in [-0.05, 0) is 49.8 Å². The Morgan fingerprint density at radius 3 is 2.77 bits per heavy atom. The van der Waals surface area contributed by atoms with Crippen molar-refractivity contribution in [3.05, 3.63) is 35.2 Å². The lowest BCUT2D eigenvalue weighted by atomic mass is 9.87. The van der Waals surface area contributed by atoms with Crippen LogP contribution in [0.25, 0.3) is 11.5 Å². The topological polar surface area (TPSA) is 68.0 Å². The second-order valence-corrected chi connectivity index (χ2v) is 6.29. The van der Waals surface area contributed by atoms with E-state index < -0.39 is 0 Å². The van der Waals surface area contributed by atoms with Crippen LogP contribution >= 0.6 is 11.6 Å². The normalized spacial score (nSPS) is 21.5. The van der Waals surface area contributed by atoms with Crippen LogP contribution in [-0.2, 0) is 0 Å². The van der Waals surface area contributed by atoms with Gasteiger partial charge in [0.2, 0.25) is 5.89 Å². The van der Waals surface area contributed by atoms with Crippen LogP contribution < -0.4 is 5.32 Å². The number of hydrogen-bond acceptors (Lipinski definition) is 4. The molecule has 0 spiro atoms. The second kappa shape index (κ2) is 6.48. The number of halogens is 1. The van der Waals surface area contributed by atoms with Gasteiger partial charge < -0.3 is 9.73 Å². The van der Waals surface area contributed by atoms with Crippen LogP contribution in [0.3, 0.4) is 0 Å². The molecule has 1 aromatic carbocycles. The van der Waals surface area contributed by atoms with E-state index in [0.717, 1.165) is 31.6 Å². The first kappa shape index (κ1) is 15.0. The first-order valence-electron chi connectivity index (χ1n) is 7.52. The Labute approximate surface area is 134 Å². The molecule has 3 rings (SSSR count).